The lowest BCUT2D eigenvalue weighted by atomic mass is 10.2. The molecule has 0 bridgehead atoms. The SMILES string of the molecule is Nc1ccc(CN(CCn2ccccc2=O)C2CC2)cc1. The summed E-state index contributed by atoms with van der Waals surface area (Å²) in [5.41, 5.74) is 7.87. The highest BCUT2D eigenvalue weighted by molar-refractivity contribution is 5.39. The Morgan fingerprint density at radius 2 is 1.90 bits per heavy atom. The number of hydrogen-bond donors (Lipinski definition) is 1. The molecule has 4 nitrogen and oxygen atoms in total. The second kappa shape index (κ2) is 6.14. The van der Waals surface area contributed by atoms with E-state index in [2.05, 4.69) is 17.0 Å². The number of pyridine rings is 1. The molecule has 1 fully saturated rings. The number of aromatic nitrogens is 1. The third-order valence-electron chi connectivity index (χ3n) is 3.96. The molecular formula is C17H21N3O. The van der Waals surface area contributed by atoms with Crippen molar-refractivity contribution in [3.05, 3.63) is 64.6 Å². The molecule has 1 heterocycles. The topological polar surface area (TPSA) is 51.3 Å². The number of anilines is 1. The van der Waals surface area contributed by atoms with E-state index in [1.165, 1.54) is 18.4 Å². The summed E-state index contributed by atoms with van der Waals surface area (Å²) in [6.45, 7) is 2.57. The molecule has 0 atom stereocenters. The van der Waals surface area contributed by atoms with Gasteiger partial charge >= 0.3 is 0 Å². The zero-order chi connectivity index (χ0) is 14.7. The van der Waals surface area contributed by atoms with Crippen LogP contribution in [0.2, 0.25) is 0 Å². The summed E-state index contributed by atoms with van der Waals surface area (Å²) in [4.78, 5) is 14.2. The van der Waals surface area contributed by atoms with Crippen molar-refractivity contribution in [2.24, 2.45) is 0 Å². The van der Waals surface area contributed by atoms with Crippen LogP contribution >= 0.6 is 0 Å². The summed E-state index contributed by atoms with van der Waals surface area (Å²) in [5, 5.41) is 0. The first-order valence-corrected chi connectivity index (χ1v) is 7.46. The van der Waals surface area contributed by atoms with Gasteiger partial charge in [-0.2, -0.15) is 0 Å². The number of rotatable bonds is 6. The van der Waals surface area contributed by atoms with E-state index in [1.807, 2.05) is 24.4 Å². The zero-order valence-electron chi connectivity index (χ0n) is 12.1. The summed E-state index contributed by atoms with van der Waals surface area (Å²) >= 11 is 0. The molecule has 4 heteroatoms. The van der Waals surface area contributed by atoms with Crippen LogP contribution in [0.25, 0.3) is 0 Å². The molecule has 0 amide bonds. The van der Waals surface area contributed by atoms with E-state index in [4.69, 9.17) is 5.73 Å². The van der Waals surface area contributed by atoms with E-state index in [1.54, 1.807) is 16.7 Å². The van der Waals surface area contributed by atoms with Gasteiger partial charge in [0.2, 0.25) is 0 Å². The van der Waals surface area contributed by atoms with Gasteiger partial charge in [0.25, 0.3) is 5.56 Å². The van der Waals surface area contributed by atoms with Gasteiger partial charge < -0.3 is 10.3 Å². The molecule has 0 spiro atoms. The van der Waals surface area contributed by atoms with Gasteiger partial charge in [0.1, 0.15) is 0 Å². The molecule has 21 heavy (non-hydrogen) atoms. The quantitative estimate of drug-likeness (QED) is 0.826. The van der Waals surface area contributed by atoms with Gasteiger partial charge in [-0.3, -0.25) is 9.69 Å². The van der Waals surface area contributed by atoms with Crippen molar-refractivity contribution < 1.29 is 0 Å². The summed E-state index contributed by atoms with van der Waals surface area (Å²) in [7, 11) is 0. The van der Waals surface area contributed by atoms with Crippen molar-refractivity contribution in [3.63, 3.8) is 0 Å². The van der Waals surface area contributed by atoms with Crippen molar-refractivity contribution in [2.45, 2.75) is 32.0 Å². The molecule has 2 aromatic rings. The van der Waals surface area contributed by atoms with Gasteiger partial charge in [-0.15, -0.1) is 0 Å². The van der Waals surface area contributed by atoms with Crippen LogP contribution in [0.5, 0.6) is 0 Å². The average Bonchev–Trinajstić information content (AvgIpc) is 3.32. The third kappa shape index (κ3) is 3.73. The Balaban J connectivity index is 1.64. The van der Waals surface area contributed by atoms with E-state index in [9.17, 15) is 4.79 Å². The van der Waals surface area contributed by atoms with E-state index in [0.29, 0.717) is 6.04 Å². The van der Waals surface area contributed by atoms with Crippen LogP contribution in [0.15, 0.2) is 53.5 Å². The second-order valence-electron chi connectivity index (χ2n) is 5.68. The molecule has 1 aromatic carbocycles. The zero-order valence-corrected chi connectivity index (χ0v) is 12.1. The van der Waals surface area contributed by atoms with Gasteiger partial charge in [-0.25, -0.2) is 0 Å². The Morgan fingerprint density at radius 3 is 2.57 bits per heavy atom. The van der Waals surface area contributed by atoms with Crippen LogP contribution in [0.4, 0.5) is 5.69 Å². The maximum atomic E-state index is 11.7. The fourth-order valence-corrected chi connectivity index (χ4v) is 2.57. The Hall–Kier alpha value is -2.07. The highest BCUT2D eigenvalue weighted by Crippen LogP contribution is 2.28. The van der Waals surface area contributed by atoms with Gasteiger partial charge in [0.05, 0.1) is 0 Å². The first-order chi connectivity index (χ1) is 10.2. The number of nitrogens with zero attached hydrogens (tertiary/aromatic N) is 2. The monoisotopic (exact) mass is 283 g/mol. The molecule has 0 aliphatic heterocycles. The largest absolute Gasteiger partial charge is 0.399 e. The summed E-state index contributed by atoms with van der Waals surface area (Å²) in [6, 6.07) is 14.0. The van der Waals surface area contributed by atoms with Gasteiger partial charge in [0.15, 0.2) is 0 Å². The fourth-order valence-electron chi connectivity index (χ4n) is 2.57. The fraction of sp³-hybridized carbons (Fsp3) is 0.353. The predicted molar refractivity (Wildman–Crippen MR) is 85.0 cm³/mol. The predicted octanol–water partition coefficient (Wildman–Crippen LogP) is 2.10. The summed E-state index contributed by atoms with van der Waals surface area (Å²) < 4.78 is 1.78. The molecule has 110 valence electrons. The average molecular weight is 283 g/mol. The van der Waals surface area contributed by atoms with Crippen LogP contribution in [0.3, 0.4) is 0 Å². The first kappa shape index (κ1) is 13.9. The summed E-state index contributed by atoms with van der Waals surface area (Å²) in [6.07, 6.45) is 4.38. The molecule has 2 N–H and O–H groups in total. The molecule has 3 rings (SSSR count). The van der Waals surface area contributed by atoms with Gasteiger partial charge in [0, 0.05) is 43.6 Å². The number of nitrogens with two attached hydrogens (primary N) is 1. The minimum atomic E-state index is 0.0701. The molecule has 1 saturated carbocycles. The Labute approximate surface area is 124 Å². The lowest BCUT2D eigenvalue weighted by molar-refractivity contribution is 0.243. The van der Waals surface area contributed by atoms with Crippen LogP contribution in [-0.4, -0.2) is 22.1 Å². The third-order valence-corrected chi connectivity index (χ3v) is 3.96. The van der Waals surface area contributed by atoms with Crippen molar-refractivity contribution in [3.8, 4) is 0 Å². The van der Waals surface area contributed by atoms with Crippen molar-refractivity contribution in [1.82, 2.24) is 9.47 Å². The molecule has 1 aliphatic carbocycles. The maximum absolute atomic E-state index is 11.7. The lowest BCUT2D eigenvalue weighted by Gasteiger charge is -2.22. The smallest absolute Gasteiger partial charge is 0.250 e. The van der Waals surface area contributed by atoms with Crippen LogP contribution in [-0.2, 0) is 13.1 Å². The standard InChI is InChI=1S/C17H21N3O/c18-15-6-4-14(5-7-15)13-20(16-8-9-16)12-11-19-10-2-1-3-17(19)21/h1-7,10,16H,8-9,11-13,18H2. The number of hydrogen-bond acceptors (Lipinski definition) is 3. The molecular weight excluding hydrogens is 262 g/mol. The first-order valence-electron chi connectivity index (χ1n) is 7.46. The van der Waals surface area contributed by atoms with Crippen LogP contribution < -0.4 is 11.3 Å². The van der Waals surface area contributed by atoms with Gasteiger partial charge in [-0.05, 0) is 36.6 Å². The van der Waals surface area contributed by atoms with E-state index in [0.717, 1.165) is 25.3 Å². The van der Waals surface area contributed by atoms with Crippen LogP contribution in [0, 0.1) is 0 Å². The van der Waals surface area contributed by atoms with E-state index >= 15 is 0 Å². The Morgan fingerprint density at radius 1 is 1.14 bits per heavy atom. The minimum absolute atomic E-state index is 0.0701. The lowest BCUT2D eigenvalue weighted by Crippen LogP contribution is -2.31. The molecule has 1 aliphatic rings. The van der Waals surface area contributed by atoms with Crippen molar-refractivity contribution in [1.29, 1.82) is 0 Å². The molecule has 1 aromatic heterocycles. The van der Waals surface area contributed by atoms with Crippen molar-refractivity contribution in [2.75, 3.05) is 12.3 Å². The molecule has 0 unspecified atom stereocenters. The van der Waals surface area contributed by atoms with E-state index < -0.39 is 0 Å². The van der Waals surface area contributed by atoms with Crippen molar-refractivity contribution >= 4 is 5.69 Å². The number of benzene rings is 1. The molecule has 0 saturated heterocycles. The Bertz CT molecular complexity index is 644. The maximum Gasteiger partial charge on any atom is 0.250 e. The number of nitrogen functional groups attached to an aromatic ring is 1. The van der Waals surface area contributed by atoms with Gasteiger partial charge in [-0.1, -0.05) is 18.2 Å². The molecule has 0 radical (unpaired) electrons. The highest BCUT2D eigenvalue weighted by atomic mass is 16.1. The van der Waals surface area contributed by atoms with Crippen LogP contribution in [0.1, 0.15) is 18.4 Å². The second-order valence-corrected chi connectivity index (χ2v) is 5.68. The Kier molecular flexibility index (Phi) is 4.06. The van der Waals surface area contributed by atoms with E-state index in [-0.39, 0.29) is 5.56 Å². The normalized spacial score (nSPS) is 14.5. The minimum Gasteiger partial charge on any atom is -0.399 e. The summed E-state index contributed by atoms with van der Waals surface area (Å²) in [5.74, 6) is 0. The highest BCUT2D eigenvalue weighted by Gasteiger charge is 2.28.